The van der Waals surface area contributed by atoms with E-state index in [1.807, 2.05) is 37.4 Å². The van der Waals surface area contributed by atoms with Crippen molar-refractivity contribution in [3.8, 4) is 0 Å². The largest absolute Gasteiger partial charge is 0.378 e. The SMILES string of the molecule is CCNC(=NCc1ccnc2ccccc12)NCCC(OCC)C(C)C. The van der Waals surface area contributed by atoms with Crippen LogP contribution >= 0.6 is 0 Å². The normalized spacial score (nSPS) is 13.2. The Kier molecular flexibility index (Phi) is 8.35. The van der Waals surface area contributed by atoms with Crippen LogP contribution in [0.4, 0.5) is 0 Å². The summed E-state index contributed by atoms with van der Waals surface area (Å²) in [5.74, 6) is 1.35. The lowest BCUT2D eigenvalue weighted by atomic mass is 10.0. The summed E-state index contributed by atoms with van der Waals surface area (Å²) in [4.78, 5) is 9.16. The van der Waals surface area contributed by atoms with E-state index in [1.54, 1.807) is 0 Å². The predicted molar refractivity (Wildman–Crippen MR) is 109 cm³/mol. The molecule has 0 spiro atoms. The van der Waals surface area contributed by atoms with E-state index in [9.17, 15) is 0 Å². The second-order valence-corrected chi connectivity index (χ2v) is 6.64. The first-order chi connectivity index (χ1) is 12.7. The van der Waals surface area contributed by atoms with E-state index in [2.05, 4.69) is 42.5 Å². The fourth-order valence-corrected chi connectivity index (χ4v) is 2.95. The standard InChI is InChI=1S/C21H32N4O/c1-5-22-21(24-14-12-20(16(3)4)26-6-2)25-15-17-11-13-23-19-10-8-7-9-18(17)19/h7-11,13,16,20H,5-6,12,14-15H2,1-4H3,(H2,22,24,25). The average molecular weight is 357 g/mol. The Morgan fingerprint density at radius 3 is 2.69 bits per heavy atom. The monoisotopic (exact) mass is 356 g/mol. The van der Waals surface area contributed by atoms with E-state index in [0.29, 0.717) is 12.5 Å². The highest BCUT2D eigenvalue weighted by Crippen LogP contribution is 2.16. The molecule has 1 aromatic carbocycles. The fourth-order valence-electron chi connectivity index (χ4n) is 2.95. The Bertz CT molecular complexity index is 694. The van der Waals surface area contributed by atoms with Gasteiger partial charge >= 0.3 is 0 Å². The first kappa shape index (κ1) is 20.2. The van der Waals surface area contributed by atoms with Crippen LogP contribution in [0.15, 0.2) is 41.5 Å². The summed E-state index contributed by atoms with van der Waals surface area (Å²) in [7, 11) is 0. The summed E-state index contributed by atoms with van der Waals surface area (Å²) in [6.07, 6.45) is 3.09. The summed E-state index contributed by atoms with van der Waals surface area (Å²) in [6, 6.07) is 10.2. The Labute approximate surface area is 157 Å². The molecule has 1 heterocycles. The number of hydrogen-bond acceptors (Lipinski definition) is 3. The van der Waals surface area contributed by atoms with Crippen LogP contribution in [0.1, 0.15) is 39.7 Å². The van der Waals surface area contributed by atoms with E-state index < -0.39 is 0 Å². The van der Waals surface area contributed by atoms with E-state index in [1.165, 1.54) is 5.56 Å². The number of pyridine rings is 1. The van der Waals surface area contributed by atoms with Crippen LogP contribution in [0.25, 0.3) is 10.9 Å². The number of para-hydroxylation sites is 1. The molecule has 0 aliphatic heterocycles. The van der Waals surface area contributed by atoms with Crippen molar-refractivity contribution >= 4 is 16.9 Å². The molecule has 1 unspecified atom stereocenters. The van der Waals surface area contributed by atoms with E-state index in [0.717, 1.165) is 43.0 Å². The smallest absolute Gasteiger partial charge is 0.191 e. The molecule has 0 bridgehead atoms. The highest BCUT2D eigenvalue weighted by Gasteiger charge is 2.13. The average Bonchev–Trinajstić information content (AvgIpc) is 2.65. The Morgan fingerprint density at radius 2 is 1.96 bits per heavy atom. The number of rotatable bonds is 9. The lowest BCUT2D eigenvalue weighted by molar-refractivity contribution is 0.0258. The highest BCUT2D eigenvalue weighted by atomic mass is 16.5. The zero-order valence-corrected chi connectivity index (χ0v) is 16.5. The summed E-state index contributed by atoms with van der Waals surface area (Å²) in [5.41, 5.74) is 2.19. The van der Waals surface area contributed by atoms with Gasteiger partial charge in [0.25, 0.3) is 0 Å². The number of nitrogens with one attached hydrogen (secondary N) is 2. The molecule has 2 aromatic rings. The number of hydrogen-bond donors (Lipinski definition) is 2. The second kappa shape index (κ2) is 10.8. The van der Waals surface area contributed by atoms with Gasteiger partial charge in [0, 0.05) is 31.3 Å². The number of fused-ring (bicyclic) bond motifs is 1. The van der Waals surface area contributed by atoms with Gasteiger partial charge in [0.15, 0.2) is 5.96 Å². The molecule has 1 aromatic heterocycles. The maximum atomic E-state index is 5.82. The van der Waals surface area contributed by atoms with Crippen LogP contribution in [0.2, 0.25) is 0 Å². The molecular weight excluding hydrogens is 324 g/mol. The van der Waals surface area contributed by atoms with Gasteiger partial charge in [0.05, 0.1) is 18.2 Å². The molecule has 0 fully saturated rings. The highest BCUT2D eigenvalue weighted by molar-refractivity contribution is 5.83. The van der Waals surface area contributed by atoms with Crippen molar-refractivity contribution in [1.29, 1.82) is 0 Å². The molecule has 2 N–H and O–H groups in total. The van der Waals surface area contributed by atoms with Gasteiger partial charge in [0.2, 0.25) is 0 Å². The van der Waals surface area contributed by atoms with Crippen molar-refractivity contribution in [2.24, 2.45) is 10.9 Å². The third kappa shape index (κ3) is 5.99. The van der Waals surface area contributed by atoms with E-state index in [4.69, 9.17) is 9.73 Å². The topological polar surface area (TPSA) is 58.5 Å². The van der Waals surface area contributed by atoms with Gasteiger partial charge in [-0.1, -0.05) is 32.0 Å². The third-order valence-corrected chi connectivity index (χ3v) is 4.34. The van der Waals surface area contributed by atoms with Gasteiger partial charge in [-0.25, -0.2) is 4.99 Å². The van der Waals surface area contributed by atoms with Crippen LogP contribution in [0.5, 0.6) is 0 Å². The van der Waals surface area contributed by atoms with Gasteiger partial charge in [-0.05, 0) is 43.9 Å². The minimum absolute atomic E-state index is 0.277. The van der Waals surface area contributed by atoms with Crippen LogP contribution in [-0.4, -0.2) is 36.7 Å². The molecule has 0 saturated heterocycles. The molecule has 0 amide bonds. The van der Waals surface area contributed by atoms with Gasteiger partial charge in [-0.3, -0.25) is 4.98 Å². The first-order valence-electron chi connectivity index (χ1n) is 9.62. The third-order valence-electron chi connectivity index (χ3n) is 4.34. The van der Waals surface area contributed by atoms with Crippen LogP contribution < -0.4 is 10.6 Å². The zero-order chi connectivity index (χ0) is 18.8. The molecule has 0 aliphatic carbocycles. The quantitative estimate of drug-likeness (QED) is 0.531. The van der Waals surface area contributed by atoms with Crippen molar-refractivity contribution < 1.29 is 4.74 Å². The first-order valence-corrected chi connectivity index (χ1v) is 9.62. The van der Waals surface area contributed by atoms with Gasteiger partial charge in [0.1, 0.15) is 0 Å². The van der Waals surface area contributed by atoms with Gasteiger partial charge in [-0.15, -0.1) is 0 Å². The zero-order valence-electron chi connectivity index (χ0n) is 16.5. The van der Waals surface area contributed by atoms with Gasteiger partial charge < -0.3 is 15.4 Å². The second-order valence-electron chi connectivity index (χ2n) is 6.64. The summed E-state index contributed by atoms with van der Waals surface area (Å²) in [6.45, 7) is 11.6. The van der Waals surface area contributed by atoms with Crippen LogP contribution in [0.3, 0.4) is 0 Å². The van der Waals surface area contributed by atoms with Crippen LogP contribution in [0, 0.1) is 5.92 Å². The molecule has 5 nitrogen and oxygen atoms in total. The number of benzene rings is 1. The van der Waals surface area contributed by atoms with Crippen molar-refractivity contribution in [3.05, 3.63) is 42.1 Å². The minimum atomic E-state index is 0.277. The van der Waals surface area contributed by atoms with Crippen molar-refractivity contribution in [1.82, 2.24) is 15.6 Å². The Hall–Kier alpha value is -2.14. The molecule has 1 atom stereocenters. The van der Waals surface area contributed by atoms with E-state index in [-0.39, 0.29) is 6.10 Å². The molecule has 26 heavy (non-hydrogen) atoms. The number of ether oxygens (including phenoxy) is 1. The maximum Gasteiger partial charge on any atom is 0.191 e. The molecule has 2 rings (SSSR count). The Morgan fingerprint density at radius 1 is 1.15 bits per heavy atom. The molecule has 0 radical (unpaired) electrons. The minimum Gasteiger partial charge on any atom is -0.378 e. The Balaban J connectivity index is 1.99. The van der Waals surface area contributed by atoms with Crippen molar-refractivity contribution in [3.63, 3.8) is 0 Å². The van der Waals surface area contributed by atoms with E-state index >= 15 is 0 Å². The van der Waals surface area contributed by atoms with Crippen LogP contribution in [-0.2, 0) is 11.3 Å². The van der Waals surface area contributed by atoms with Crippen molar-refractivity contribution in [2.75, 3.05) is 19.7 Å². The number of nitrogens with zero attached hydrogens (tertiary/aromatic N) is 2. The lowest BCUT2D eigenvalue weighted by Crippen LogP contribution is -2.39. The molecule has 0 aliphatic rings. The lowest BCUT2D eigenvalue weighted by Gasteiger charge is -2.21. The number of aliphatic imine (C=N–C) groups is 1. The fraction of sp³-hybridized carbons (Fsp3) is 0.524. The molecular formula is C21H32N4O. The van der Waals surface area contributed by atoms with Crippen molar-refractivity contribution in [2.45, 2.75) is 46.8 Å². The summed E-state index contributed by atoms with van der Waals surface area (Å²) < 4.78 is 5.82. The van der Waals surface area contributed by atoms with Gasteiger partial charge in [-0.2, -0.15) is 0 Å². The summed E-state index contributed by atoms with van der Waals surface area (Å²) >= 11 is 0. The predicted octanol–water partition coefficient (Wildman–Crippen LogP) is 3.74. The summed E-state index contributed by atoms with van der Waals surface area (Å²) in [5, 5.41) is 7.90. The molecule has 5 heteroatoms. The maximum absolute atomic E-state index is 5.82. The number of guanidine groups is 1. The number of aromatic nitrogens is 1. The molecule has 142 valence electrons. The molecule has 0 saturated carbocycles.